The number of aryl methyl sites for hydroxylation is 1. The Kier molecular flexibility index (Phi) is 6.70. The van der Waals surface area contributed by atoms with Gasteiger partial charge in [-0.25, -0.2) is 0 Å². The molecule has 0 spiro atoms. The van der Waals surface area contributed by atoms with Gasteiger partial charge >= 0.3 is 0 Å². The molecule has 0 unspecified atom stereocenters. The monoisotopic (exact) mass is 356 g/mol. The molecule has 1 atom stereocenters. The maximum absolute atomic E-state index is 12.5. The highest BCUT2D eigenvalue weighted by Gasteiger charge is 2.31. The lowest BCUT2D eigenvalue weighted by molar-refractivity contribution is -0.139. The van der Waals surface area contributed by atoms with E-state index in [1.165, 1.54) is 43.2 Å². The summed E-state index contributed by atoms with van der Waals surface area (Å²) in [5, 5.41) is 3.08. The van der Waals surface area contributed by atoms with Gasteiger partial charge in [0.15, 0.2) is 0 Å². The molecule has 2 fully saturated rings. The van der Waals surface area contributed by atoms with Crippen LogP contribution in [0.2, 0.25) is 0 Å². The highest BCUT2D eigenvalue weighted by molar-refractivity contribution is 5.83. The van der Waals surface area contributed by atoms with Crippen molar-refractivity contribution in [3.8, 4) is 0 Å². The Hall–Kier alpha value is -1.84. The molecule has 2 amide bonds. The number of benzene rings is 1. The van der Waals surface area contributed by atoms with E-state index in [0.29, 0.717) is 31.8 Å². The minimum absolute atomic E-state index is 0.0469. The summed E-state index contributed by atoms with van der Waals surface area (Å²) in [6.07, 6.45) is 8.43. The zero-order valence-electron chi connectivity index (χ0n) is 16.0. The van der Waals surface area contributed by atoms with Gasteiger partial charge < -0.3 is 10.2 Å². The summed E-state index contributed by atoms with van der Waals surface area (Å²) >= 11 is 0. The smallest absolute Gasteiger partial charge is 0.224 e. The van der Waals surface area contributed by atoms with Crippen LogP contribution in [0.3, 0.4) is 0 Å². The SMILES string of the molecule is Cc1ccc(CCNC(=O)[C@@H]2CCC(=O)N(CC3CCCCC3)C2)cc1. The second kappa shape index (κ2) is 9.20. The number of carbonyl (C=O) groups excluding carboxylic acids is 2. The summed E-state index contributed by atoms with van der Waals surface area (Å²) in [6, 6.07) is 8.44. The molecule has 1 saturated carbocycles. The molecule has 4 heteroatoms. The molecule has 142 valence electrons. The topological polar surface area (TPSA) is 49.4 Å². The Morgan fingerprint density at radius 2 is 1.85 bits per heavy atom. The zero-order valence-corrected chi connectivity index (χ0v) is 16.0. The summed E-state index contributed by atoms with van der Waals surface area (Å²) in [7, 11) is 0. The zero-order chi connectivity index (χ0) is 18.4. The Balaban J connectivity index is 1.44. The molecule has 0 bridgehead atoms. The van der Waals surface area contributed by atoms with E-state index < -0.39 is 0 Å². The minimum atomic E-state index is -0.0469. The summed E-state index contributed by atoms with van der Waals surface area (Å²) in [4.78, 5) is 26.8. The van der Waals surface area contributed by atoms with Gasteiger partial charge in [-0.2, -0.15) is 0 Å². The third-order valence-electron chi connectivity index (χ3n) is 5.91. The molecular weight excluding hydrogens is 324 g/mol. The van der Waals surface area contributed by atoms with Crippen molar-refractivity contribution in [1.29, 1.82) is 0 Å². The Morgan fingerprint density at radius 3 is 2.58 bits per heavy atom. The van der Waals surface area contributed by atoms with E-state index in [2.05, 4.69) is 36.5 Å². The van der Waals surface area contributed by atoms with Crippen molar-refractivity contribution in [3.05, 3.63) is 35.4 Å². The fourth-order valence-corrected chi connectivity index (χ4v) is 4.22. The molecule has 0 aromatic heterocycles. The van der Waals surface area contributed by atoms with Gasteiger partial charge in [-0.1, -0.05) is 49.1 Å². The Bertz CT molecular complexity index is 605. The number of nitrogens with one attached hydrogen (secondary N) is 1. The highest BCUT2D eigenvalue weighted by atomic mass is 16.2. The van der Waals surface area contributed by atoms with E-state index in [4.69, 9.17) is 0 Å². The normalized spacial score (nSPS) is 21.7. The number of carbonyl (C=O) groups is 2. The number of amides is 2. The van der Waals surface area contributed by atoms with E-state index in [0.717, 1.165) is 13.0 Å². The average Bonchev–Trinajstić information content (AvgIpc) is 2.66. The third kappa shape index (κ3) is 5.33. The first-order chi connectivity index (χ1) is 12.6. The maximum Gasteiger partial charge on any atom is 0.224 e. The fourth-order valence-electron chi connectivity index (χ4n) is 4.22. The van der Waals surface area contributed by atoms with Gasteiger partial charge in [0.25, 0.3) is 0 Å². The largest absolute Gasteiger partial charge is 0.355 e. The average molecular weight is 357 g/mol. The number of hydrogen-bond acceptors (Lipinski definition) is 2. The Morgan fingerprint density at radius 1 is 1.12 bits per heavy atom. The van der Waals surface area contributed by atoms with Gasteiger partial charge in [0, 0.05) is 26.1 Å². The third-order valence-corrected chi connectivity index (χ3v) is 5.91. The second-order valence-electron chi connectivity index (χ2n) is 8.06. The predicted molar refractivity (Wildman–Crippen MR) is 104 cm³/mol. The molecule has 1 aliphatic carbocycles. The first-order valence-corrected chi connectivity index (χ1v) is 10.2. The van der Waals surface area contributed by atoms with Crippen molar-refractivity contribution in [2.45, 2.75) is 58.3 Å². The van der Waals surface area contributed by atoms with E-state index in [9.17, 15) is 9.59 Å². The van der Waals surface area contributed by atoms with Crippen LogP contribution in [0.25, 0.3) is 0 Å². The maximum atomic E-state index is 12.5. The van der Waals surface area contributed by atoms with Crippen LogP contribution in [0.1, 0.15) is 56.1 Å². The van der Waals surface area contributed by atoms with E-state index >= 15 is 0 Å². The molecule has 1 N–H and O–H groups in total. The molecule has 4 nitrogen and oxygen atoms in total. The molecule has 1 saturated heterocycles. The van der Waals surface area contributed by atoms with Crippen LogP contribution in [0.4, 0.5) is 0 Å². The molecule has 26 heavy (non-hydrogen) atoms. The van der Waals surface area contributed by atoms with Crippen LogP contribution in [0.5, 0.6) is 0 Å². The lowest BCUT2D eigenvalue weighted by Crippen LogP contribution is -2.47. The first-order valence-electron chi connectivity index (χ1n) is 10.2. The standard InChI is InChI=1S/C22H32N2O2/c1-17-7-9-18(10-8-17)13-14-23-22(26)20-11-12-21(25)24(16-20)15-19-5-3-2-4-6-19/h7-10,19-20H,2-6,11-16H2,1H3,(H,23,26)/t20-/m1/s1. The van der Waals surface area contributed by atoms with Crippen molar-refractivity contribution in [1.82, 2.24) is 10.2 Å². The van der Waals surface area contributed by atoms with Gasteiger partial charge in [-0.3, -0.25) is 9.59 Å². The quantitative estimate of drug-likeness (QED) is 0.848. The van der Waals surface area contributed by atoms with Crippen LogP contribution in [0, 0.1) is 18.8 Å². The fraction of sp³-hybridized carbons (Fsp3) is 0.636. The van der Waals surface area contributed by atoms with Crippen molar-refractivity contribution >= 4 is 11.8 Å². The minimum Gasteiger partial charge on any atom is -0.355 e. The molecular formula is C22H32N2O2. The number of rotatable bonds is 6. The number of likely N-dealkylation sites (tertiary alicyclic amines) is 1. The van der Waals surface area contributed by atoms with Crippen LogP contribution < -0.4 is 5.32 Å². The van der Waals surface area contributed by atoms with E-state index in [1.54, 1.807) is 0 Å². The van der Waals surface area contributed by atoms with Gasteiger partial charge in [0.2, 0.25) is 11.8 Å². The van der Waals surface area contributed by atoms with Gasteiger partial charge in [-0.15, -0.1) is 0 Å². The van der Waals surface area contributed by atoms with E-state index in [-0.39, 0.29) is 17.7 Å². The molecule has 1 aromatic rings. The lowest BCUT2D eigenvalue weighted by Gasteiger charge is -2.35. The number of piperidine rings is 1. The van der Waals surface area contributed by atoms with Crippen molar-refractivity contribution in [2.24, 2.45) is 11.8 Å². The molecule has 2 aliphatic rings. The summed E-state index contributed by atoms with van der Waals surface area (Å²) in [5.74, 6) is 0.933. The van der Waals surface area contributed by atoms with Crippen molar-refractivity contribution in [3.63, 3.8) is 0 Å². The van der Waals surface area contributed by atoms with Crippen LogP contribution >= 0.6 is 0 Å². The van der Waals surface area contributed by atoms with Crippen LogP contribution in [0.15, 0.2) is 24.3 Å². The molecule has 0 radical (unpaired) electrons. The number of hydrogen-bond donors (Lipinski definition) is 1. The van der Waals surface area contributed by atoms with Crippen LogP contribution in [-0.4, -0.2) is 36.3 Å². The van der Waals surface area contributed by atoms with Crippen molar-refractivity contribution in [2.75, 3.05) is 19.6 Å². The Labute approximate surface area is 157 Å². The van der Waals surface area contributed by atoms with Gasteiger partial charge in [0.1, 0.15) is 0 Å². The lowest BCUT2D eigenvalue weighted by atomic mass is 9.87. The van der Waals surface area contributed by atoms with Crippen LogP contribution in [-0.2, 0) is 16.0 Å². The number of nitrogens with zero attached hydrogens (tertiary/aromatic N) is 1. The molecule has 1 heterocycles. The highest BCUT2D eigenvalue weighted by Crippen LogP contribution is 2.27. The summed E-state index contributed by atoms with van der Waals surface area (Å²) in [5.41, 5.74) is 2.50. The second-order valence-corrected chi connectivity index (χ2v) is 8.06. The summed E-state index contributed by atoms with van der Waals surface area (Å²) < 4.78 is 0. The summed E-state index contributed by atoms with van der Waals surface area (Å²) in [6.45, 7) is 4.20. The predicted octanol–water partition coefficient (Wildman–Crippen LogP) is 3.47. The van der Waals surface area contributed by atoms with E-state index in [1.807, 2.05) is 4.90 Å². The molecule has 1 aromatic carbocycles. The first kappa shape index (κ1) is 18.9. The molecule has 1 aliphatic heterocycles. The van der Waals surface area contributed by atoms with Gasteiger partial charge in [0.05, 0.1) is 5.92 Å². The molecule has 3 rings (SSSR count). The van der Waals surface area contributed by atoms with Gasteiger partial charge in [-0.05, 0) is 44.1 Å². The van der Waals surface area contributed by atoms with Crippen molar-refractivity contribution < 1.29 is 9.59 Å².